The topological polar surface area (TPSA) is 96.0 Å². The lowest BCUT2D eigenvalue weighted by molar-refractivity contribution is -0.132. The van der Waals surface area contributed by atoms with Crippen LogP contribution in [0, 0.1) is 0 Å². The molecule has 0 spiro atoms. The first kappa shape index (κ1) is 22.3. The second-order valence-electron chi connectivity index (χ2n) is 7.01. The highest BCUT2D eigenvalue weighted by Crippen LogP contribution is 2.32. The Morgan fingerprint density at radius 1 is 1.03 bits per heavy atom. The number of carbonyl (C=O) groups excluding carboxylic acids is 4. The Hall–Kier alpha value is -2.96. The van der Waals surface area contributed by atoms with Crippen molar-refractivity contribution in [1.82, 2.24) is 0 Å². The first-order valence-corrected chi connectivity index (χ1v) is 9.70. The van der Waals surface area contributed by atoms with Crippen LogP contribution in [0.5, 0.6) is 11.5 Å². The molecule has 0 bridgehead atoms. The Morgan fingerprint density at radius 3 is 2.41 bits per heavy atom. The minimum atomic E-state index is -0.647. The van der Waals surface area contributed by atoms with Crippen molar-refractivity contribution in [3.05, 3.63) is 29.3 Å². The van der Waals surface area contributed by atoms with Crippen LogP contribution in [0.1, 0.15) is 75.2 Å². The van der Waals surface area contributed by atoms with E-state index in [1.807, 2.05) is 6.08 Å². The number of allylic oxidation sites excluding steroid dienone is 1. The van der Waals surface area contributed by atoms with Crippen LogP contribution in [0.15, 0.2) is 18.2 Å². The molecule has 0 saturated heterocycles. The molecule has 1 atom stereocenters. The van der Waals surface area contributed by atoms with Crippen molar-refractivity contribution < 1.29 is 33.4 Å². The lowest BCUT2D eigenvalue weighted by Crippen LogP contribution is -2.18. The van der Waals surface area contributed by atoms with Crippen LogP contribution < -0.4 is 9.47 Å². The summed E-state index contributed by atoms with van der Waals surface area (Å²) in [6.07, 6.45) is 6.58. The van der Waals surface area contributed by atoms with Gasteiger partial charge in [0.1, 0.15) is 22.8 Å². The first-order valence-electron chi connectivity index (χ1n) is 9.70. The number of esters is 3. The van der Waals surface area contributed by atoms with Crippen molar-refractivity contribution in [1.29, 1.82) is 0 Å². The number of hydrogen-bond acceptors (Lipinski definition) is 7. The average Bonchev–Trinajstić information content (AvgIpc) is 2.59. The van der Waals surface area contributed by atoms with Gasteiger partial charge in [-0.3, -0.25) is 14.4 Å². The summed E-state index contributed by atoms with van der Waals surface area (Å²) >= 11 is 0. The summed E-state index contributed by atoms with van der Waals surface area (Å²) < 4.78 is 15.9. The largest absolute Gasteiger partial charge is 0.459 e. The fourth-order valence-electron chi connectivity index (χ4n) is 3.06. The zero-order valence-corrected chi connectivity index (χ0v) is 17.0. The molecular formula is C22H26O7. The molecule has 2 rings (SSSR count). The van der Waals surface area contributed by atoms with Crippen LogP contribution >= 0.6 is 0 Å². The second-order valence-corrected chi connectivity index (χ2v) is 7.01. The molecule has 0 fully saturated rings. The molecule has 1 aliphatic rings. The quantitative estimate of drug-likeness (QED) is 0.544. The van der Waals surface area contributed by atoms with Crippen LogP contribution in [0.3, 0.4) is 0 Å². The third-order valence-electron chi connectivity index (χ3n) is 4.32. The minimum absolute atomic E-state index is 0.0321. The third-order valence-corrected chi connectivity index (χ3v) is 4.32. The molecule has 0 N–H and O–H groups in total. The zero-order chi connectivity index (χ0) is 21.4. The summed E-state index contributed by atoms with van der Waals surface area (Å²) in [4.78, 5) is 47.7. The van der Waals surface area contributed by atoms with Gasteiger partial charge in [0.15, 0.2) is 0 Å². The maximum absolute atomic E-state index is 12.9. The third kappa shape index (κ3) is 7.18. The van der Waals surface area contributed by atoms with Crippen LogP contribution in [-0.4, -0.2) is 29.8 Å². The van der Waals surface area contributed by atoms with Crippen LogP contribution in [-0.2, 0) is 19.1 Å². The maximum Gasteiger partial charge on any atom is 0.342 e. The Balaban J connectivity index is 2.50. The number of carbonyl (C=O) groups is 4. The van der Waals surface area contributed by atoms with E-state index < -0.39 is 24.0 Å². The summed E-state index contributed by atoms with van der Waals surface area (Å²) in [5.41, 5.74) is 0.493. The Labute approximate surface area is 170 Å². The number of cyclic esters (lactones) is 1. The van der Waals surface area contributed by atoms with Crippen molar-refractivity contribution in [2.75, 3.05) is 0 Å². The smallest absolute Gasteiger partial charge is 0.342 e. The highest BCUT2D eigenvalue weighted by atomic mass is 16.6. The summed E-state index contributed by atoms with van der Waals surface area (Å²) in [6.45, 7) is 4.22. The van der Waals surface area contributed by atoms with E-state index in [-0.39, 0.29) is 22.8 Å². The monoisotopic (exact) mass is 402 g/mol. The van der Waals surface area contributed by atoms with E-state index in [1.54, 1.807) is 13.0 Å². The fourth-order valence-corrected chi connectivity index (χ4v) is 3.06. The van der Waals surface area contributed by atoms with Gasteiger partial charge in [0, 0.05) is 32.8 Å². The molecule has 0 aliphatic carbocycles. The van der Waals surface area contributed by atoms with Crippen molar-refractivity contribution in [2.24, 2.45) is 0 Å². The molecule has 0 saturated carbocycles. The minimum Gasteiger partial charge on any atom is -0.459 e. The molecule has 0 aromatic heterocycles. The lowest BCUT2D eigenvalue weighted by atomic mass is 10.0. The van der Waals surface area contributed by atoms with E-state index in [4.69, 9.17) is 14.2 Å². The second kappa shape index (κ2) is 10.5. The van der Waals surface area contributed by atoms with Gasteiger partial charge in [-0.05, 0) is 44.2 Å². The van der Waals surface area contributed by atoms with E-state index in [9.17, 15) is 19.2 Å². The number of fused-ring (bicyclic) bond motifs is 1. The van der Waals surface area contributed by atoms with Crippen molar-refractivity contribution in [3.63, 3.8) is 0 Å². The number of ether oxygens (including phenoxy) is 3. The maximum atomic E-state index is 12.9. The SMILES string of the molecule is CC(=O)Oc1cc2c(c(OC(C)=O)c1)C(=O)O[C@@H](C)CCCC(=O)CCCC=C2. The molecule has 0 unspecified atom stereocenters. The molecule has 1 heterocycles. The summed E-state index contributed by atoms with van der Waals surface area (Å²) in [5, 5.41) is 0. The normalized spacial score (nSPS) is 18.2. The fraction of sp³-hybridized carbons (Fsp3) is 0.455. The Bertz CT molecular complexity index is 823. The molecule has 1 aliphatic heterocycles. The molecule has 1 aromatic carbocycles. The molecule has 0 amide bonds. The molecule has 29 heavy (non-hydrogen) atoms. The summed E-state index contributed by atoms with van der Waals surface area (Å²) in [5.74, 6) is -1.49. The van der Waals surface area contributed by atoms with Gasteiger partial charge in [-0.2, -0.15) is 0 Å². The number of hydrogen-bond donors (Lipinski definition) is 0. The molecule has 1 aromatic rings. The van der Waals surface area contributed by atoms with Gasteiger partial charge in [0.2, 0.25) is 0 Å². The summed E-state index contributed by atoms with van der Waals surface area (Å²) in [7, 11) is 0. The van der Waals surface area contributed by atoms with Gasteiger partial charge in [0.25, 0.3) is 0 Å². The van der Waals surface area contributed by atoms with E-state index in [1.165, 1.54) is 26.0 Å². The molecular weight excluding hydrogens is 376 g/mol. The standard InChI is InChI=1S/C22H26O7/c1-14-8-7-11-18(25)10-6-4-5-9-17-12-19(28-15(2)23)13-20(29-16(3)24)21(17)22(26)27-14/h5,9,12-14H,4,6-8,10-11H2,1-3H3/t14-/m0/s1. The van der Waals surface area contributed by atoms with E-state index in [0.29, 0.717) is 44.1 Å². The van der Waals surface area contributed by atoms with Crippen LogP contribution in [0.2, 0.25) is 0 Å². The van der Waals surface area contributed by atoms with Crippen molar-refractivity contribution in [2.45, 2.75) is 65.4 Å². The van der Waals surface area contributed by atoms with Gasteiger partial charge in [-0.1, -0.05) is 12.2 Å². The predicted octanol–water partition coefficient (Wildman–Crippen LogP) is 4.02. The number of ketones is 1. The zero-order valence-electron chi connectivity index (χ0n) is 17.0. The summed E-state index contributed by atoms with van der Waals surface area (Å²) in [6, 6.07) is 2.84. The Kier molecular flexibility index (Phi) is 8.12. The number of benzene rings is 1. The highest BCUT2D eigenvalue weighted by molar-refractivity contribution is 5.98. The van der Waals surface area contributed by atoms with Crippen LogP contribution in [0.4, 0.5) is 0 Å². The number of Topliss-reactive ketones (excluding diaryl/α,β-unsaturated/α-hetero) is 1. The predicted molar refractivity (Wildman–Crippen MR) is 106 cm³/mol. The Morgan fingerprint density at radius 2 is 1.72 bits per heavy atom. The molecule has 7 heteroatoms. The van der Waals surface area contributed by atoms with Gasteiger partial charge in [0.05, 0.1) is 6.10 Å². The van der Waals surface area contributed by atoms with Crippen LogP contribution in [0.25, 0.3) is 6.08 Å². The van der Waals surface area contributed by atoms with Gasteiger partial charge < -0.3 is 14.2 Å². The van der Waals surface area contributed by atoms with Gasteiger partial charge >= 0.3 is 17.9 Å². The highest BCUT2D eigenvalue weighted by Gasteiger charge is 2.23. The molecule has 7 nitrogen and oxygen atoms in total. The first-order chi connectivity index (χ1) is 13.8. The van der Waals surface area contributed by atoms with E-state index in [0.717, 1.165) is 0 Å². The van der Waals surface area contributed by atoms with E-state index >= 15 is 0 Å². The lowest BCUT2D eigenvalue weighted by Gasteiger charge is -2.17. The van der Waals surface area contributed by atoms with Crippen molar-refractivity contribution in [3.8, 4) is 11.5 Å². The van der Waals surface area contributed by atoms with E-state index in [2.05, 4.69) is 0 Å². The van der Waals surface area contributed by atoms with Crippen molar-refractivity contribution >= 4 is 29.8 Å². The molecule has 0 radical (unpaired) electrons. The number of rotatable bonds is 2. The van der Waals surface area contributed by atoms with Gasteiger partial charge in [-0.15, -0.1) is 0 Å². The van der Waals surface area contributed by atoms with Gasteiger partial charge in [-0.25, -0.2) is 4.79 Å². The average molecular weight is 402 g/mol. The molecule has 156 valence electrons.